The summed E-state index contributed by atoms with van der Waals surface area (Å²) in [6, 6.07) is 76.9. The van der Waals surface area contributed by atoms with E-state index in [1.54, 1.807) is 0 Å². The van der Waals surface area contributed by atoms with E-state index in [9.17, 15) is 0 Å². The van der Waals surface area contributed by atoms with Gasteiger partial charge < -0.3 is 9.13 Å². The molecule has 0 aliphatic rings. The molecule has 0 fully saturated rings. The highest BCUT2D eigenvalue weighted by Crippen LogP contribution is 2.43. The fraction of sp³-hybridized carbons (Fsp3) is 0.0870. The van der Waals surface area contributed by atoms with Crippen LogP contribution in [0.1, 0.15) is 33.4 Å². The van der Waals surface area contributed by atoms with Crippen molar-refractivity contribution in [3.05, 3.63) is 246 Å². The lowest BCUT2D eigenvalue weighted by molar-refractivity contribution is 1.06. The van der Waals surface area contributed by atoms with Gasteiger partial charge in [0.15, 0.2) is 17.5 Å². The van der Waals surface area contributed by atoms with Gasteiger partial charge in [-0.3, -0.25) is 0 Å². The predicted octanol–water partition coefficient (Wildman–Crippen LogP) is 17.9. The van der Waals surface area contributed by atoms with Gasteiger partial charge in [-0.15, -0.1) is 0 Å². The quantitative estimate of drug-likeness (QED) is 0.152. The maximum Gasteiger partial charge on any atom is 0.166 e. The lowest BCUT2D eigenvalue weighted by atomic mass is 9.92. The Labute approximate surface area is 431 Å². The second-order valence-corrected chi connectivity index (χ2v) is 20.0. The molecule has 3 aromatic heterocycles. The Kier molecular flexibility index (Phi) is 10.8. The van der Waals surface area contributed by atoms with Crippen LogP contribution in [0, 0.1) is 41.5 Å². The maximum absolute atomic E-state index is 5.45. The molecule has 0 unspecified atom stereocenters. The SMILES string of the molecule is Cc1cc(C)c(-c2ccc3c4ccc(-c5c(C)cc(C)cc5C)cc4n(-c4ccc(-c5ccc6c7ccccc7n(-c7ccccc7)c6c5)cc4-c4nc(-c5ccccc5)nc(-c5ccccc5)n4)c3c2)c(C)c1. The van der Waals surface area contributed by atoms with Gasteiger partial charge >= 0.3 is 0 Å². The molecule has 0 amide bonds. The first-order valence-corrected chi connectivity index (χ1v) is 25.5. The Morgan fingerprint density at radius 2 is 0.676 bits per heavy atom. The van der Waals surface area contributed by atoms with Crippen molar-refractivity contribution >= 4 is 43.6 Å². The van der Waals surface area contributed by atoms with Gasteiger partial charge in [0.2, 0.25) is 0 Å². The summed E-state index contributed by atoms with van der Waals surface area (Å²) in [5, 5.41) is 4.78. The van der Waals surface area contributed by atoms with Gasteiger partial charge in [0.1, 0.15) is 0 Å². The number of aryl methyl sites for hydroxylation is 6. The van der Waals surface area contributed by atoms with Crippen LogP contribution >= 0.6 is 0 Å². The van der Waals surface area contributed by atoms with Gasteiger partial charge in [-0.2, -0.15) is 0 Å². The van der Waals surface area contributed by atoms with Crippen molar-refractivity contribution in [1.82, 2.24) is 24.1 Å². The summed E-state index contributed by atoms with van der Waals surface area (Å²) in [7, 11) is 0. The van der Waals surface area contributed by atoms with Gasteiger partial charge in [0.25, 0.3) is 0 Å². The topological polar surface area (TPSA) is 48.5 Å². The number of fused-ring (bicyclic) bond motifs is 6. The van der Waals surface area contributed by atoms with Crippen molar-refractivity contribution in [2.45, 2.75) is 41.5 Å². The molecule has 0 saturated heterocycles. The summed E-state index contributed by atoms with van der Waals surface area (Å²) in [5.74, 6) is 1.82. The molecule has 0 aliphatic carbocycles. The number of hydrogen-bond donors (Lipinski definition) is 0. The summed E-state index contributed by atoms with van der Waals surface area (Å²) < 4.78 is 4.86. The molecule has 5 nitrogen and oxygen atoms in total. The second kappa shape index (κ2) is 17.8. The first-order chi connectivity index (χ1) is 36.1. The zero-order valence-corrected chi connectivity index (χ0v) is 42.4. The van der Waals surface area contributed by atoms with E-state index in [1.807, 2.05) is 36.4 Å². The minimum Gasteiger partial charge on any atom is -0.309 e. The highest BCUT2D eigenvalue weighted by Gasteiger charge is 2.23. The van der Waals surface area contributed by atoms with Crippen LogP contribution in [-0.4, -0.2) is 24.1 Å². The van der Waals surface area contributed by atoms with Crippen molar-refractivity contribution in [3.8, 4) is 78.9 Å². The number of hydrogen-bond acceptors (Lipinski definition) is 3. The van der Waals surface area contributed by atoms with Crippen molar-refractivity contribution < 1.29 is 0 Å². The van der Waals surface area contributed by atoms with Crippen LogP contribution in [0.5, 0.6) is 0 Å². The van der Waals surface area contributed by atoms with Gasteiger partial charge in [-0.1, -0.05) is 175 Å². The summed E-state index contributed by atoms with van der Waals surface area (Å²) in [5.41, 5.74) is 24.0. The molecule has 10 aromatic carbocycles. The van der Waals surface area contributed by atoms with E-state index < -0.39 is 0 Å². The average Bonchev–Trinajstić information content (AvgIpc) is 3.93. The highest BCUT2D eigenvalue weighted by atomic mass is 15.1. The molecule has 74 heavy (non-hydrogen) atoms. The Balaban J connectivity index is 1.13. The molecule has 0 atom stereocenters. The smallest absolute Gasteiger partial charge is 0.166 e. The molecule has 0 spiro atoms. The molecule has 13 aromatic rings. The van der Waals surface area contributed by atoms with Crippen molar-refractivity contribution in [2.24, 2.45) is 0 Å². The third-order valence-electron chi connectivity index (χ3n) is 14.9. The van der Waals surface area contributed by atoms with E-state index in [2.05, 4.69) is 227 Å². The Morgan fingerprint density at radius 3 is 1.20 bits per heavy atom. The minimum absolute atomic E-state index is 0.590. The standard InChI is InChI=1S/C69H53N5/c1-42-34-44(3)65(45(4)35-42)52-27-31-57-58-32-28-53(66-46(5)36-43(2)37-47(66)6)41-64(58)74(63(57)40-52)61-33-29-50(51-26-30-56-55-24-16-17-25-60(55)73(62(56)39-51)54-22-14-9-15-23-54)38-59(61)69-71-67(48-18-10-7-11-19-48)70-68(72-69)49-20-12-8-13-21-49/h7-41H,1-6H3. The summed E-state index contributed by atoms with van der Waals surface area (Å²) in [6.07, 6.45) is 0. The number of rotatable bonds is 8. The van der Waals surface area contributed by atoms with Gasteiger partial charge in [-0.05, 0) is 146 Å². The molecule has 5 heteroatoms. The highest BCUT2D eigenvalue weighted by molar-refractivity contribution is 6.13. The number of aromatic nitrogens is 5. The normalized spacial score (nSPS) is 11.6. The number of para-hydroxylation sites is 2. The van der Waals surface area contributed by atoms with E-state index in [0.29, 0.717) is 17.5 Å². The summed E-state index contributed by atoms with van der Waals surface area (Å²) in [4.78, 5) is 16.1. The third kappa shape index (κ3) is 7.59. The molecular formula is C69H53N5. The Hall–Kier alpha value is -9.19. The van der Waals surface area contributed by atoms with E-state index in [4.69, 9.17) is 15.0 Å². The predicted molar refractivity (Wildman–Crippen MR) is 310 cm³/mol. The fourth-order valence-electron chi connectivity index (χ4n) is 11.9. The van der Waals surface area contributed by atoms with E-state index in [0.717, 1.165) is 55.7 Å². The third-order valence-corrected chi connectivity index (χ3v) is 14.9. The first kappa shape index (κ1) is 44.7. The molecule has 3 heterocycles. The fourth-order valence-corrected chi connectivity index (χ4v) is 11.9. The zero-order valence-electron chi connectivity index (χ0n) is 42.4. The van der Waals surface area contributed by atoms with Gasteiger partial charge in [0, 0.05) is 43.9 Å². The van der Waals surface area contributed by atoms with Crippen LogP contribution in [-0.2, 0) is 0 Å². The Bertz CT molecular complexity index is 4130. The van der Waals surface area contributed by atoms with Crippen molar-refractivity contribution in [2.75, 3.05) is 0 Å². The summed E-state index contributed by atoms with van der Waals surface area (Å²) >= 11 is 0. The lowest BCUT2D eigenvalue weighted by Crippen LogP contribution is -2.04. The van der Waals surface area contributed by atoms with Crippen LogP contribution in [0.4, 0.5) is 0 Å². The van der Waals surface area contributed by atoms with Gasteiger partial charge in [-0.25, -0.2) is 15.0 Å². The molecule has 0 bridgehead atoms. The molecule has 354 valence electrons. The molecule has 0 aliphatic heterocycles. The number of nitrogens with zero attached hydrogens (tertiary/aromatic N) is 5. The average molecular weight is 952 g/mol. The molecule has 0 saturated carbocycles. The number of benzene rings is 10. The Morgan fingerprint density at radius 1 is 0.284 bits per heavy atom. The van der Waals surface area contributed by atoms with Crippen LogP contribution in [0.25, 0.3) is 123 Å². The minimum atomic E-state index is 0.590. The van der Waals surface area contributed by atoms with Crippen molar-refractivity contribution in [1.29, 1.82) is 0 Å². The molecule has 0 N–H and O–H groups in total. The van der Waals surface area contributed by atoms with E-state index in [-0.39, 0.29) is 0 Å². The first-order valence-electron chi connectivity index (χ1n) is 25.5. The van der Waals surface area contributed by atoms with Crippen LogP contribution in [0.2, 0.25) is 0 Å². The van der Waals surface area contributed by atoms with E-state index >= 15 is 0 Å². The van der Waals surface area contributed by atoms with Crippen LogP contribution < -0.4 is 0 Å². The molecular weight excluding hydrogens is 899 g/mol. The zero-order chi connectivity index (χ0) is 50.2. The largest absolute Gasteiger partial charge is 0.309 e. The monoisotopic (exact) mass is 951 g/mol. The van der Waals surface area contributed by atoms with Gasteiger partial charge in [0.05, 0.1) is 27.8 Å². The second-order valence-electron chi connectivity index (χ2n) is 20.0. The summed E-state index contributed by atoms with van der Waals surface area (Å²) in [6.45, 7) is 13.3. The molecule has 13 rings (SSSR count). The molecule has 0 radical (unpaired) electrons. The van der Waals surface area contributed by atoms with E-state index in [1.165, 1.54) is 82.7 Å². The van der Waals surface area contributed by atoms with Crippen LogP contribution in [0.15, 0.2) is 212 Å². The maximum atomic E-state index is 5.45. The van der Waals surface area contributed by atoms with Crippen LogP contribution in [0.3, 0.4) is 0 Å². The van der Waals surface area contributed by atoms with Crippen molar-refractivity contribution in [3.63, 3.8) is 0 Å². The lowest BCUT2D eigenvalue weighted by Gasteiger charge is -2.18.